The lowest BCUT2D eigenvalue weighted by atomic mass is 10.4. The predicted molar refractivity (Wildman–Crippen MR) is 96.6 cm³/mol. The summed E-state index contributed by atoms with van der Waals surface area (Å²) in [7, 11) is 0. The van der Waals surface area contributed by atoms with Gasteiger partial charge in [-0.25, -0.2) is 9.98 Å². The second-order valence-electron chi connectivity index (χ2n) is 5.54. The standard InChI is InChI=1S/C16H18F3N7S/c1-2-20-15(22-9-14-23-11(10-27-14)16(17,18)19)21-7-6-13-25-24-12-5-3-4-8-26(12)13/h3-5,8,10H,2,6-7,9H2,1H3,(H2,20,21,22). The molecule has 27 heavy (non-hydrogen) atoms. The van der Waals surface area contributed by atoms with Gasteiger partial charge in [-0.15, -0.1) is 21.5 Å². The molecule has 144 valence electrons. The zero-order chi connectivity index (χ0) is 19.3. The molecule has 11 heteroatoms. The lowest BCUT2D eigenvalue weighted by Crippen LogP contribution is -2.38. The van der Waals surface area contributed by atoms with Gasteiger partial charge in [-0.3, -0.25) is 4.40 Å². The van der Waals surface area contributed by atoms with Gasteiger partial charge >= 0.3 is 6.18 Å². The van der Waals surface area contributed by atoms with Crippen LogP contribution in [0.3, 0.4) is 0 Å². The van der Waals surface area contributed by atoms with Gasteiger partial charge in [0, 0.05) is 31.1 Å². The van der Waals surface area contributed by atoms with Crippen LogP contribution in [0.15, 0.2) is 34.8 Å². The van der Waals surface area contributed by atoms with Crippen molar-refractivity contribution < 1.29 is 13.2 Å². The third kappa shape index (κ3) is 4.94. The Kier molecular flexibility index (Phi) is 5.89. The Bertz CT molecular complexity index is 916. The molecule has 7 nitrogen and oxygen atoms in total. The van der Waals surface area contributed by atoms with Crippen molar-refractivity contribution in [2.75, 3.05) is 13.1 Å². The Morgan fingerprint density at radius 1 is 1.26 bits per heavy atom. The molecule has 0 atom stereocenters. The number of hydrogen-bond acceptors (Lipinski definition) is 5. The number of aromatic nitrogens is 4. The number of thiazole rings is 1. The summed E-state index contributed by atoms with van der Waals surface area (Å²) in [5.74, 6) is 1.32. The summed E-state index contributed by atoms with van der Waals surface area (Å²) >= 11 is 0.944. The van der Waals surface area contributed by atoms with E-state index in [4.69, 9.17) is 0 Å². The smallest absolute Gasteiger partial charge is 0.357 e. The Labute approximate surface area is 157 Å². The summed E-state index contributed by atoms with van der Waals surface area (Å²) in [5, 5.41) is 15.8. The van der Waals surface area contributed by atoms with E-state index in [2.05, 4.69) is 30.8 Å². The van der Waals surface area contributed by atoms with Crippen molar-refractivity contribution in [1.29, 1.82) is 0 Å². The maximum absolute atomic E-state index is 12.6. The number of alkyl halides is 3. The topological polar surface area (TPSA) is 79.5 Å². The average molecular weight is 397 g/mol. The van der Waals surface area contributed by atoms with Crippen molar-refractivity contribution in [3.05, 3.63) is 46.3 Å². The molecule has 2 N–H and O–H groups in total. The average Bonchev–Trinajstić information content (AvgIpc) is 3.27. The number of nitrogens with one attached hydrogen (secondary N) is 2. The molecule has 0 aromatic carbocycles. The summed E-state index contributed by atoms with van der Waals surface area (Å²) in [6, 6.07) is 5.67. The molecule has 0 saturated heterocycles. The number of guanidine groups is 1. The van der Waals surface area contributed by atoms with E-state index in [1.807, 2.05) is 35.7 Å². The normalized spacial score (nSPS) is 12.5. The molecule has 3 aromatic rings. The number of rotatable bonds is 6. The number of halogens is 3. The van der Waals surface area contributed by atoms with Gasteiger partial charge in [0.15, 0.2) is 17.3 Å². The van der Waals surface area contributed by atoms with E-state index in [1.165, 1.54) is 0 Å². The van der Waals surface area contributed by atoms with Crippen LogP contribution < -0.4 is 10.6 Å². The Morgan fingerprint density at radius 3 is 2.85 bits per heavy atom. The number of fused-ring (bicyclic) bond motifs is 1. The molecule has 0 spiro atoms. The molecule has 0 bridgehead atoms. The summed E-state index contributed by atoms with van der Waals surface area (Å²) < 4.78 is 39.7. The van der Waals surface area contributed by atoms with Gasteiger partial charge in [0.2, 0.25) is 0 Å². The molecule has 3 heterocycles. The summed E-state index contributed by atoms with van der Waals surface area (Å²) in [6.07, 6.45) is -1.92. The van der Waals surface area contributed by atoms with Gasteiger partial charge in [0.25, 0.3) is 0 Å². The highest BCUT2D eigenvalue weighted by atomic mass is 32.1. The van der Waals surface area contributed by atoms with Crippen LogP contribution in [0, 0.1) is 0 Å². The van der Waals surface area contributed by atoms with Crippen LogP contribution in [-0.4, -0.2) is 38.6 Å². The SMILES string of the molecule is CCNC(=NCc1nc(C(F)(F)F)cs1)NCCc1nnc2ccccn12. The monoisotopic (exact) mass is 397 g/mol. The van der Waals surface area contributed by atoms with Crippen molar-refractivity contribution >= 4 is 22.9 Å². The first kappa shape index (κ1) is 19.1. The Balaban J connectivity index is 1.58. The van der Waals surface area contributed by atoms with Crippen molar-refractivity contribution in [1.82, 2.24) is 30.2 Å². The fourth-order valence-corrected chi connectivity index (χ4v) is 3.08. The second kappa shape index (κ2) is 8.33. The fourth-order valence-electron chi connectivity index (χ4n) is 2.36. The van der Waals surface area contributed by atoms with Crippen molar-refractivity contribution in [3.63, 3.8) is 0 Å². The predicted octanol–water partition coefficient (Wildman–Crippen LogP) is 2.50. The van der Waals surface area contributed by atoms with E-state index >= 15 is 0 Å². The summed E-state index contributed by atoms with van der Waals surface area (Å²) in [4.78, 5) is 7.87. The molecule has 3 rings (SSSR count). The Morgan fingerprint density at radius 2 is 2.11 bits per heavy atom. The zero-order valence-corrected chi connectivity index (χ0v) is 15.3. The molecule has 0 aliphatic rings. The molecular formula is C16H18F3N7S. The highest BCUT2D eigenvalue weighted by molar-refractivity contribution is 7.09. The third-order valence-electron chi connectivity index (χ3n) is 3.58. The van der Waals surface area contributed by atoms with Crippen LogP contribution in [-0.2, 0) is 19.1 Å². The number of pyridine rings is 1. The quantitative estimate of drug-likeness (QED) is 0.494. The molecule has 3 aromatic heterocycles. The molecule has 0 saturated carbocycles. The zero-order valence-electron chi connectivity index (χ0n) is 14.5. The molecule has 0 aliphatic carbocycles. The van der Waals surface area contributed by atoms with E-state index in [9.17, 15) is 13.2 Å². The summed E-state index contributed by atoms with van der Waals surface area (Å²) in [6.45, 7) is 3.16. The van der Waals surface area contributed by atoms with Crippen LogP contribution in [0.25, 0.3) is 5.65 Å². The molecule has 0 unspecified atom stereocenters. The van der Waals surface area contributed by atoms with Gasteiger partial charge in [-0.1, -0.05) is 6.07 Å². The highest BCUT2D eigenvalue weighted by Crippen LogP contribution is 2.30. The fraction of sp³-hybridized carbons (Fsp3) is 0.375. The van der Waals surface area contributed by atoms with E-state index in [1.54, 1.807) is 0 Å². The van der Waals surface area contributed by atoms with Gasteiger partial charge in [0.05, 0.1) is 6.54 Å². The van der Waals surface area contributed by atoms with Gasteiger partial charge in [0.1, 0.15) is 10.8 Å². The maximum Gasteiger partial charge on any atom is 0.434 e. The highest BCUT2D eigenvalue weighted by Gasteiger charge is 2.33. The first-order valence-electron chi connectivity index (χ1n) is 8.30. The number of hydrogen-bond donors (Lipinski definition) is 2. The van der Waals surface area contributed by atoms with Gasteiger partial charge in [-0.2, -0.15) is 13.2 Å². The van der Waals surface area contributed by atoms with Crippen molar-refractivity contribution in [2.45, 2.75) is 26.1 Å². The van der Waals surface area contributed by atoms with Crippen LogP contribution in [0.4, 0.5) is 13.2 Å². The minimum Gasteiger partial charge on any atom is -0.357 e. The van der Waals surface area contributed by atoms with Crippen molar-refractivity contribution in [2.24, 2.45) is 4.99 Å². The first-order valence-corrected chi connectivity index (χ1v) is 9.17. The van der Waals surface area contributed by atoms with E-state index in [-0.39, 0.29) is 6.54 Å². The minimum atomic E-state index is -4.43. The van der Waals surface area contributed by atoms with Crippen LogP contribution >= 0.6 is 11.3 Å². The first-order chi connectivity index (χ1) is 13.0. The van der Waals surface area contributed by atoms with E-state index in [0.29, 0.717) is 30.5 Å². The van der Waals surface area contributed by atoms with Gasteiger partial charge < -0.3 is 10.6 Å². The largest absolute Gasteiger partial charge is 0.434 e. The lowest BCUT2D eigenvalue weighted by Gasteiger charge is -2.10. The number of nitrogens with zero attached hydrogens (tertiary/aromatic N) is 5. The molecule has 0 radical (unpaired) electrons. The third-order valence-corrected chi connectivity index (χ3v) is 4.42. The second-order valence-corrected chi connectivity index (χ2v) is 6.48. The van der Waals surface area contributed by atoms with Crippen molar-refractivity contribution in [3.8, 4) is 0 Å². The van der Waals surface area contributed by atoms with Crippen LogP contribution in [0.5, 0.6) is 0 Å². The van der Waals surface area contributed by atoms with Crippen LogP contribution in [0.1, 0.15) is 23.4 Å². The minimum absolute atomic E-state index is 0.0734. The van der Waals surface area contributed by atoms with E-state index < -0.39 is 11.9 Å². The van der Waals surface area contributed by atoms with Crippen LogP contribution in [0.2, 0.25) is 0 Å². The lowest BCUT2D eigenvalue weighted by molar-refractivity contribution is -0.140. The molecule has 0 aliphatic heterocycles. The maximum atomic E-state index is 12.6. The summed E-state index contributed by atoms with van der Waals surface area (Å²) in [5.41, 5.74) is -0.105. The number of aliphatic imine (C=N–C) groups is 1. The molecular weight excluding hydrogens is 379 g/mol. The Hall–Kier alpha value is -2.69. The van der Waals surface area contributed by atoms with Gasteiger partial charge in [-0.05, 0) is 19.1 Å². The molecule has 0 fully saturated rings. The van der Waals surface area contributed by atoms with E-state index in [0.717, 1.165) is 28.2 Å². The molecule has 0 amide bonds.